The van der Waals surface area contributed by atoms with Gasteiger partial charge < -0.3 is 20.5 Å². The summed E-state index contributed by atoms with van der Waals surface area (Å²) in [5.74, 6) is 0. The fourth-order valence-electron chi connectivity index (χ4n) is 7.81. The van der Waals surface area contributed by atoms with Gasteiger partial charge >= 0.3 is 0 Å². The lowest BCUT2D eigenvalue weighted by molar-refractivity contribution is 1.18. The Balaban J connectivity index is 1.12. The zero-order valence-electron chi connectivity index (χ0n) is 32.8. The van der Waals surface area contributed by atoms with E-state index in [0.29, 0.717) is 0 Å². The maximum absolute atomic E-state index is 6.40. The smallest absolute Gasteiger partial charge is 0.0701 e. The molecule has 0 bridgehead atoms. The molecule has 0 saturated carbocycles. The largest absolute Gasteiger partial charge is 0.398 e. The number of pyridine rings is 1. The van der Waals surface area contributed by atoms with Crippen LogP contribution in [0.1, 0.15) is 18.1 Å². The second-order valence-corrected chi connectivity index (χ2v) is 14.4. The molecule has 0 atom stereocenters. The van der Waals surface area contributed by atoms with Gasteiger partial charge in [0.25, 0.3) is 0 Å². The Labute approximate surface area is 345 Å². The fraction of sp³-hybridized carbons (Fsp3) is 0.0185. The molecular weight excluding hydrogens is 719 g/mol. The highest BCUT2D eigenvalue weighted by atomic mass is 15.1. The minimum Gasteiger partial charge on any atom is -0.398 e. The van der Waals surface area contributed by atoms with Crippen molar-refractivity contribution in [3.8, 4) is 28.1 Å². The first-order valence-corrected chi connectivity index (χ1v) is 19.8. The van der Waals surface area contributed by atoms with Gasteiger partial charge in [0, 0.05) is 67.9 Å². The van der Waals surface area contributed by atoms with E-state index in [0.717, 1.165) is 84.4 Å². The molecule has 0 radical (unpaired) electrons. The fourth-order valence-corrected chi connectivity index (χ4v) is 7.81. The number of hydrogen-bond donors (Lipinski definition) is 2. The van der Waals surface area contributed by atoms with E-state index in [1.165, 1.54) is 10.8 Å². The maximum Gasteiger partial charge on any atom is 0.0701 e. The number of benzene rings is 7. The van der Waals surface area contributed by atoms with E-state index in [1.807, 2.05) is 73.8 Å². The number of hydrogen-bond acceptors (Lipinski definition) is 4. The van der Waals surface area contributed by atoms with Gasteiger partial charge in [-0.1, -0.05) is 116 Å². The van der Waals surface area contributed by atoms with Gasteiger partial charge in [0.2, 0.25) is 0 Å². The Kier molecular flexibility index (Phi) is 10.1. The summed E-state index contributed by atoms with van der Waals surface area (Å²) in [6, 6.07) is 63.8. The topological polar surface area (TPSA) is 59.1 Å². The molecule has 2 aromatic heterocycles. The van der Waals surface area contributed by atoms with Crippen LogP contribution >= 0.6 is 0 Å². The van der Waals surface area contributed by atoms with Crippen LogP contribution in [-0.4, -0.2) is 9.55 Å². The molecule has 0 amide bonds. The third-order valence-corrected chi connectivity index (χ3v) is 10.7. The summed E-state index contributed by atoms with van der Waals surface area (Å²) in [5, 5.41) is 5.98. The molecule has 0 aliphatic carbocycles. The van der Waals surface area contributed by atoms with E-state index < -0.39 is 0 Å². The molecule has 5 nitrogen and oxygen atoms in total. The number of anilines is 5. The first-order valence-electron chi connectivity index (χ1n) is 19.8. The van der Waals surface area contributed by atoms with Gasteiger partial charge in [-0.2, -0.15) is 0 Å². The lowest BCUT2D eigenvalue weighted by Gasteiger charge is -2.26. The van der Waals surface area contributed by atoms with Crippen molar-refractivity contribution >= 4 is 62.0 Å². The van der Waals surface area contributed by atoms with Gasteiger partial charge in [0.1, 0.15) is 0 Å². The van der Waals surface area contributed by atoms with Crippen molar-refractivity contribution in [2.75, 3.05) is 10.2 Å². The van der Waals surface area contributed by atoms with Gasteiger partial charge in [-0.15, -0.1) is 0 Å². The molecular formula is C54H43N5. The van der Waals surface area contributed by atoms with Crippen LogP contribution in [-0.2, 0) is 0 Å². The van der Waals surface area contributed by atoms with Crippen LogP contribution in [0.25, 0.3) is 61.7 Å². The monoisotopic (exact) mass is 761 g/mol. The summed E-state index contributed by atoms with van der Waals surface area (Å²) in [4.78, 5) is 6.84. The average molecular weight is 762 g/mol. The lowest BCUT2D eigenvalue weighted by Crippen LogP contribution is -2.10. The molecule has 3 N–H and O–H groups in total. The zero-order valence-corrected chi connectivity index (χ0v) is 32.8. The first-order chi connectivity index (χ1) is 29.1. The van der Waals surface area contributed by atoms with E-state index in [-0.39, 0.29) is 0 Å². The van der Waals surface area contributed by atoms with Gasteiger partial charge in [-0.3, -0.25) is 4.98 Å². The number of nitrogens with zero attached hydrogens (tertiary/aromatic N) is 3. The second kappa shape index (κ2) is 16.3. The minimum atomic E-state index is 0.721. The molecule has 0 saturated heterocycles. The summed E-state index contributed by atoms with van der Waals surface area (Å²) in [6.07, 6.45) is 9.65. The molecule has 0 spiro atoms. The van der Waals surface area contributed by atoms with Crippen LogP contribution in [0.3, 0.4) is 0 Å². The van der Waals surface area contributed by atoms with E-state index in [1.54, 1.807) is 0 Å². The zero-order chi connectivity index (χ0) is 40.1. The van der Waals surface area contributed by atoms with Gasteiger partial charge in [0.05, 0.1) is 16.7 Å². The van der Waals surface area contributed by atoms with Gasteiger partial charge in [-0.05, 0) is 121 Å². The molecule has 5 heteroatoms. The number of para-hydroxylation sites is 2. The Bertz CT molecular complexity index is 2950. The lowest BCUT2D eigenvalue weighted by atomic mass is 10.0. The maximum atomic E-state index is 6.40. The number of fused-ring (bicyclic) bond motifs is 3. The number of nitrogens with two attached hydrogens (primary N) is 1. The highest BCUT2D eigenvalue weighted by molar-refractivity contribution is 6.14. The van der Waals surface area contributed by atoms with Crippen LogP contribution in [0.4, 0.5) is 28.4 Å². The van der Waals surface area contributed by atoms with Crippen molar-refractivity contribution in [3.63, 3.8) is 0 Å². The highest BCUT2D eigenvalue weighted by Crippen LogP contribution is 2.41. The third kappa shape index (κ3) is 7.29. The van der Waals surface area contributed by atoms with E-state index in [4.69, 9.17) is 5.73 Å². The van der Waals surface area contributed by atoms with E-state index in [2.05, 4.69) is 172 Å². The van der Waals surface area contributed by atoms with Crippen LogP contribution in [0.5, 0.6) is 0 Å². The van der Waals surface area contributed by atoms with Crippen molar-refractivity contribution in [2.45, 2.75) is 6.92 Å². The summed E-state index contributed by atoms with van der Waals surface area (Å²) < 4.78 is 2.36. The quantitative estimate of drug-likeness (QED) is 0.129. The number of rotatable bonds is 11. The van der Waals surface area contributed by atoms with E-state index >= 15 is 0 Å². The summed E-state index contributed by atoms with van der Waals surface area (Å²) in [6.45, 7) is 6.27. The molecule has 0 aliphatic heterocycles. The van der Waals surface area contributed by atoms with Crippen molar-refractivity contribution in [2.24, 2.45) is 5.73 Å². The van der Waals surface area contributed by atoms with Crippen molar-refractivity contribution in [1.82, 2.24) is 9.55 Å². The molecule has 0 aliphatic rings. The SMILES string of the molecule is C=Cc1c(Nc2ccccc2)ccc2c3cc(-c4ccc(N(c5ccc(/C(N)=C/C=C\C)cc5)c5ccc(-c6ccccn6)cc5)cc4)ccc3n(-c3ccccc3)c12. The first kappa shape index (κ1) is 36.7. The predicted molar refractivity (Wildman–Crippen MR) is 251 cm³/mol. The average Bonchev–Trinajstić information content (AvgIpc) is 3.63. The predicted octanol–water partition coefficient (Wildman–Crippen LogP) is 14.2. The van der Waals surface area contributed by atoms with Crippen LogP contribution in [0.15, 0.2) is 213 Å². The molecule has 0 unspecified atom stereocenters. The summed E-state index contributed by atoms with van der Waals surface area (Å²) in [5.41, 5.74) is 21.9. The standard InChI is InChI=1S/C54H43N5/c1-3-5-18-50(55)39-22-29-45(30-23-39)58(46-31-24-40(25-32-46)51-19-12-13-36-56-51)44-27-20-38(21-28-44)41-26-35-53-49(37-41)48-33-34-52(57-42-14-8-6-9-15-42)47(4-2)54(48)59(53)43-16-10-7-11-17-43/h3-37,57H,2,55H2,1H3/b5-3-,50-18-. The number of aromatic nitrogens is 2. The molecule has 7 aromatic carbocycles. The molecule has 284 valence electrons. The van der Waals surface area contributed by atoms with Crippen LogP contribution in [0, 0.1) is 0 Å². The Morgan fingerprint density at radius 2 is 1.27 bits per heavy atom. The van der Waals surface area contributed by atoms with Crippen molar-refractivity contribution in [1.29, 1.82) is 0 Å². The van der Waals surface area contributed by atoms with Gasteiger partial charge in [-0.25, -0.2) is 0 Å². The Morgan fingerprint density at radius 1 is 0.644 bits per heavy atom. The molecule has 0 fully saturated rings. The van der Waals surface area contributed by atoms with Crippen LogP contribution < -0.4 is 16.0 Å². The highest BCUT2D eigenvalue weighted by Gasteiger charge is 2.19. The second-order valence-electron chi connectivity index (χ2n) is 14.4. The molecule has 59 heavy (non-hydrogen) atoms. The normalized spacial score (nSPS) is 11.6. The number of allylic oxidation sites excluding steroid dienone is 3. The summed E-state index contributed by atoms with van der Waals surface area (Å²) in [7, 11) is 0. The van der Waals surface area contributed by atoms with Gasteiger partial charge in [0.15, 0.2) is 0 Å². The molecule has 2 heterocycles. The van der Waals surface area contributed by atoms with Crippen LogP contribution in [0.2, 0.25) is 0 Å². The number of nitrogens with one attached hydrogen (secondary N) is 1. The Hall–Kier alpha value is -7.89. The Morgan fingerprint density at radius 3 is 1.92 bits per heavy atom. The van der Waals surface area contributed by atoms with E-state index in [9.17, 15) is 0 Å². The summed E-state index contributed by atoms with van der Waals surface area (Å²) >= 11 is 0. The third-order valence-electron chi connectivity index (χ3n) is 10.7. The molecule has 9 aromatic rings. The van der Waals surface area contributed by atoms with Crippen molar-refractivity contribution < 1.29 is 0 Å². The molecule has 9 rings (SSSR count). The minimum absolute atomic E-state index is 0.721. The van der Waals surface area contributed by atoms with Crippen molar-refractivity contribution in [3.05, 3.63) is 224 Å².